The molecule has 0 aromatic carbocycles. The molecule has 0 bridgehead atoms. The summed E-state index contributed by atoms with van der Waals surface area (Å²) in [5.41, 5.74) is 0.840. The average Bonchev–Trinajstić information content (AvgIpc) is 3.39. The van der Waals surface area contributed by atoms with Crippen LogP contribution in [0.2, 0.25) is 0 Å². The fraction of sp³-hybridized carbons (Fsp3) is 0.500. The van der Waals surface area contributed by atoms with Crippen LogP contribution in [0.5, 0.6) is 0 Å². The van der Waals surface area contributed by atoms with E-state index in [-0.39, 0.29) is 17.7 Å². The second-order valence-corrected chi connectivity index (χ2v) is 11.4. The average molecular weight is 570 g/mol. The highest BCUT2D eigenvalue weighted by Crippen LogP contribution is 2.31. The van der Waals surface area contributed by atoms with E-state index < -0.39 is 5.60 Å². The number of aromatic nitrogens is 4. The second kappa shape index (κ2) is 10.3. The van der Waals surface area contributed by atoms with Gasteiger partial charge in [0.05, 0.1) is 16.4 Å². The number of piperazine rings is 1. The van der Waals surface area contributed by atoms with Crippen molar-refractivity contribution in [3.63, 3.8) is 0 Å². The van der Waals surface area contributed by atoms with E-state index in [1.54, 1.807) is 23.4 Å². The third-order valence-electron chi connectivity index (χ3n) is 6.68. The summed E-state index contributed by atoms with van der Waals surface area (Å²) in [6, 6.07) is 5.82. The van der Waals surface area contributed by atoms with E-state index >= 15 is 0 Å². The van der Waals surface area contributed by atoms with Crippen LogP contribution in [0.25, 0.3) is 11.0 Å². The molecule has 1 saturated heterocycles. The summed E-state index contributed by atoms with van der Waals surface area (Å²) in [4.78, 5) is 42.9. The number of ether oxygens (including phenoxy) is 1. The van der Waals surface area contributed by atoms with Crippen molar-refractivity contribution in [2.75, 3.05) is 36.4 Å². The van der Waals surface area contributed by atoms with Crippen LogP contribution in [0.15, 0.2) is 39.9 Å². The molecule has 11 heteroatoms. The Hall–Kier alpha value is -3.21. The SMILES string of the molecule is CC(C)(C)OC(=O)N1CCN(c2ccc(Nc3ncc4cc(Br)c(=O)n(C5CCCC5)c4n3)cn2)CC1. The Morgan fingerprint density at radius 3 is 2.46 bits per heavy atom. The van der Waals surface area contributed by atoms with Crippen molar-refractivity contribution < 1.29 is 9.53 Å². The Balaban J connectivity index is 1.27. The number of carbonyl (C=O) groups is 1. The van der Waals surface area contributed by atoms with Gasteiger partial charge in [-0.1, -0.05) is 12.8 Å². The number of fused-ring (bicyclic) bond motifs is 1. The maximum atomic E-state index is 12.9. The molecule has 0 atom stereocenters. The van der Waals surface area contributed by atoms with Crippen LogP contribution in [-0.2, 0) is 4.74 Å². The minimum absolute atomic E-state index is 0.0539. The van der Waals surface area contributed by atoms with Crippen LogP contribution in [0, 0.1) is 0 Å². The molecule has 37 heavy (non-hydrogen) atoms. The molecule has 196 valence electrons. The lowest BCUT2D eigenvalue weighted by Crippen LogP contribution is -2.50. The van der Waals surface area contributed by atoms with E-state index in [4.69, 9.17) is 9.72 Å². The zero-order valence-electron chi connectivity index (χ0n) is 21.4. The van der Waals surface area contributed by atoms with Crippen LogP contribution in [-0.4, -0.2) is 62.3 Å². The minimum Gasteiger partial charge on any atom is -0.444 e. The van der Waals surface area contributed by atoms with E-state index in [0.717, 1.165) is 42.6 Å². The molecule has 1 saturated carbocycles. The minimum atomic E-state index is -0.502. The van der Waals surface area contributed by atoms with Crippen molar-refractivity contribution in [3.8, 4) is 0 Å². The van der Waals surface area contributed by atoms with Crippen molar-refractivity contribution >= 4 is 50.5 Å². The van der Waals surface area contributed by atoms with Crippen molar-refractivity contribution in [3.05, 3.63) is 45.4 Å². The number of hydrogen-bond acceptors (Lipinski definition) is 8. The molecule has 0 unspecified atom stereocenters. The van der Waals surface area contributed by atoms with Gasteiger partial charge >= 0.3 is 6.09 Å². The Bertz CT molecular complexity index is 1340. The van der Waals surface area contributed by atoms with Gasteiger partial charge in [0.25, 0.3) is 5.56 Å². The van der Waals surface area contributed by atoms with Gasteiger partial charge in [0.1, 0.15) is 17.1 Å². The number of halogens is 1. The first-order valence-corrected chi connectivity index (χ1v) is 13.5. The predicted molar refractivity (Wildman–Crippen MR) is 147 cm³/mol. The smallest absolute Gasteiger partial charge is 0.410 e. The molecule has 1 aliphatic heterocycles. The number of hydrogen-bond donors (Lipinski definition) is 1. The molecular weight excluding hydrogens is 538 g/mol. The lowest BCUT2D eigenvalue weighted by Gasteiger charge is -2.36. The van der Waals surface area contributed by atoms with Crippen LogP contribution >= 0.6 is 15.9 Å². The predicted octanol–water partition coefficient (Wildman–Crippen LogP) is 4.86. The number of amides is 1. The molecule has 1 aliphatic carbocycles. The van der Waals surface area contributed by atoms with E-state index in [2.05, 4.69) is 36.1 Å². The molecule has 1 amide bonds. The molecular formula is C26H32BrN7O3. The molecule has 0 radical (unpaired) electrons. The second-order valence-electron chi connectivity index (χ2n) is 10.6. The highest BCUT2D eigenvalue weighted by molar-refractivity contribution is 9.10. The van der Waals surface area contributed by atoms with Crippen LogP contribution in [0.3, 0.4) is 0 Å². The van der Waals surface area contributed by atoms with E-state index in [1.165, 1.54) is 0 Å². The van der Waals surface area contributed by atoms with Gasteiger partial charge in [-0.2, -0.15) is 4.98 Å². The first-order chi connectivity index (χ1) is 17.7. The number of nitrogens with zero attached hydrogens (tertiary/aromatic N) is 6. The monoisotopic (exact) mass is 569 g/mol. The van der Waals surface area contributed by atoms with Crippen molar-refractivity contribution in [1.82, 2.24) is 24.4 Å². The van der Waals surface area contributed by atoms with Gasteiger partial charge in [0.2, 0.25) is 5.95 Å². The highest BCUT2D eigenvalue weighted by Gasteiger charge is 2.26. The molecule has 10 nitrogen and oxygen atoms in total. The third kappa shape index (κ3) is 5.71. The normalized spacial score (nSPS) is 16.9. The Kier molecular flexibility index (Phi) is 7.06. The highest BCUT2D eigenvalue weighted by atomic mass is 79.9. The Labute approximate surface area is 224 Å². The molecule has 1 N–H and O–H groups in total. The first kappa shape index (κ1) is 25.4. The zero-order valence-corrected chi connectivity index (χ0v) is 23.0. The summed E-state index contributed by atoms with van der Waals surface area (Å²) in [6.45, 7) is 8.15. The molecule has 3 aromatic rings. The summed E-state index contributed by atoms with van der Waals surface area (Å²) in [5.74, 6) is 1.26. The van der Waals surface area contributed by atoms with Crippen LogP contribution in [0.1, 0.15) is 52.5 Å². The summed E-state index contributed by atoms with van der Waals surface area (Å²) < 4.78 is 7.82. The molecule has 2 fully saturated rings. The number of pyridine rings is 2. The summed E-state index contributed by atoms with van der Waals surface area (Å²) in [6.07, 6.45) is 7.41. The molecule has 2 aliphatic rings. The first-order valence-electron chi connectivity index (χ1n) is 12.7. The third-order valence-corrected chi connectivity index (χ3v) is 7.25. The number of carbonyl (C=O) groups excluding carboxylic acids is 1. The van der Waals surface area contributed by atoms with Crippen LogP contribution in [0.4, 0.5) is 22.2 Å². The quantitative estimate of drug-likeness (QED) is 0.474. The maximum absolute atomic E-state index is 12.9. The van der Waals surface area contributed by atoms with Crippen molar-refractivity contribution in [2.45, 2.75) is 58.1 Å². The van der Waals surface area contributed by atoms with E-state index in [0.29, 0.717) is 42.2 Å². The van der Waals surface area contributed by atoms with Gasteiger partial charge < -0.3 is 19.9 Å². The maximum Gasteiger partial charge on any atom is 0.410 e. The van der Waals surface area contributed by atoms with Crippen molar-refractivity contribution in [1.29, 1.82) is 0 Å². The summed E-state index contributed by atoms with van der Waals surface area (Å²) in [5, 5.41) is 4.04. The standard InChI is InChI=1S/C26H32BrN7O3/c1-26(2,3)37-25(36)33-12-10-32(11-13-33)21-9-8-18(16-28-21)30-24-29-15-17-14-20(27)23(35)34(22(17)31-24)19-6-4-5-7-19/h8-9,14-16,19H,4-7,10-13H2,1-3H3,(H,29,30,31). The number of anilines is 3. The topological polar surface area (TPSA) is 105 Å². The number of nitrogens with one attached hydrogen (secondary N) is 1. The summed E-state index contributed by atoms with van der Waals surface area (Å²) in [7, 11) is 0. The fourth-order valence-electron chi connectivity index (χ4n) is 4.87. The van der Waals surface area contributed by atoms with Gasteiger partial charge in [-0.15, -0.1) is 0 Å². The van der Waals surface area contributed by atoms with E-state index in [1.807, 2.05) is 37.5 Å². The largest absolute Gasteiger partial charge is 0.444 e. The Morgan fingerprint density at radius 2 is 1.81 bits per heavy atom. The van der Waals surface area contributed by atoms with Gasteiger partial charge in [0.15, 0.2) is 0 Å². The van der Waals surface area contributed by atoms with Gasteiger partial charge in [-0.05, 0) is 67.7 Å². The lowest BCUT2D eigenvalue weighted by atomic mass is 10.2. The fourth-order valence-corrected chi connectivity index (χ4v) is 5.31. The number of rotatable bonds is 4. The van der Waals surface area contributed by atoms with Gasteiger partial charge in [-0.25, -0.2) is 14.8 Å². The molecule has 0 spiro atoms. The van der Waals surface area contributed by atoms with Crippen LogP contribution < -0.4 is 15.8 Å². The van der Waals surface area contributed by atoms with E-state index in [9.17, 15) is 9.59 Å². The zero-order chi connectivity index (χ0) is 26.2. The Morgan fingerprint density at radius 1 is 1.08 bits per heavy atom. The van der Waals surface area contributed by atoms with Gasteiger partial charge in [-0.3, -0.25) is 9.36 Å². The van der Waals surface area contributed by atoms with Gasteiger partial charge in [0, 0.05) is 43.8 Å². The van der Waals surface area contributed by atoms with Crippen molar-refractivity contribution in [2.24, 2.45) is 0 Å². The molecule has 5 rings (SSSR count). The molecule has 3 aromatic heterocycles. The molecule has 4 heterocycles. The lowest BCUT2D eigenvalue weighted by molar-refractivity contribution is 0.0240. The summed E-state index contributed by atoms with van der Waals surface area (Å²) >= 11 is 3.41.